The van der Waals surface area contributed by atoms with Crippen LogP contribution < -0.4 is 4.74 Å². The standard InChI is InChI=1S/C20H31NO3S/c1-2-14-21(15-17-8-9-17)25(22,23)20-12-10-19(11-13-20)24-16-18-6-4-3-5-7-18/h10-13,17-18H,2-9,14-16H2,1H3. The fourth-order valence-corrected chi connectivity index (χ4v) is 5.18. The van der Waals surface area contributed by atoms with E-state index in [1.165, 1.54) is 32.1 Å². The normalized spacial score (nSPS) is 19.3. The van der Waals surface area contributed by atoms with E-state index < -0.39 is 10.0 Å². The molecule has 0 saturated heterocycles. The summed E-state index contributed by atoms with van der Waals surface area (Å²) in [4.78, 5) is 0.381. The van der Waals surface area contributed by atoms with E-state index in [2.05, 4.69) is 0 Å². The Morgan fingerprint density at radius 2 is 1.68 bits per heavy atom. The van der Waals surface area contributed by atoms with Gasteiger partial charge in [-0.3, -0.25) is 0 Å². The molecule has 0 radical (unpaired) electrons. The lowest BCUT2D eigenvalue weighted by Crippen LogP contribution is -2.33. The van der Waals surface area contributed by atoms with Crippen molar-refractivity contribution in [1.29, 1.82) is 0 Å². The van der Waals surface area contributed by atoms with Gasteiger partial charge in [0.2, 0.25) is 10.0 Å². The Kier molecular flexibility index (Phi) is 6.39. The zero-order valence-corrected chi connectivity index (χ0v) is 16.1. The Labute approximate surface area is 152 Å². The Bertz CT molecular complexity index is 631. The monoisotopic (exact) mass is 365 g/mol. The molecule has 0 unspecified atom stereocenters. The third-order valence-electron chi connectivity index (χ3n) is 5.30. The molecule has 1 aromatic rings. The summed E-state index contributed by atoms with van der Waals surface area (Å²) < 4.78 is 33.3. The van der Waals surface area contributed by atoms with Crippen LogP contribution >= 0.6 is 0 Å². The van der Waals surface area contributed by atoms with Crippen LogP contribution in [0.1, 0.15) is 58.3 Å². The lowest BCUT2D eigenvalue weighted by molar-refractivity contribution is 0.208. The van der Waals surface area contributed by atoms with Crippen molar-refractivity contribution in [3.8, 4) is 5.75 Å². The average Bonchev–Trinajstić information content (AvgIpc) is 3.45. The van der Waals surface area contributed by atoms with Crippen LogP contribution in [0, 0.1) is 11.8 Å². The zero-order chi connectivity index (χ0) is 17.7. The molecule has 3 rings (SSSR count). The molecule has 1 aromatic carbocycles. The molecule has 2 saturated carbocycles. The highest BCUT2D eigenvalue weighted by Gasteiger charge is 2.31. The molecule has 0 amide bonds. The summed E-state index contributed by atoms with van der Waals surface area (Å²) in [6, 6.07) is 7.00. The Morgan fingerprint density at radius 3 is 2.28 bits per heavy atom. The van der Waals surface area contributed by atoms with Crippen LogP contribution in [0.3, 0.4) is 0 Å². The van der Waals surface area contributed by atoms with E-state index in [0.29, 0.717) is 29.8 Å². The van der Waals surface area contributed by atoms with Crippen molar-refractivity contribution < 1.29 is 13.2 Å². The van der Waals surface area contributed by atoms with Gasteiger partial charge in [0.05, 0.1) is 11.5 Å². The summed E-state index contributed by atoms with van der Waals surface area (Å²) in [6.07, 6.45) is 9.61. The highest BCUT2D eigenvalue weighted by Crippen LogP contribution is 2.32. The maximum atomic E-state index is 12.9. The minimum Gasteiger partial charge on any atom is -0.493 e. The summed E-state index contributed by atoms with van der Waals surface area (Å²) in [6.45, 7) is 4.03. The van der Waals surface area contributed by atoms with E-state index in [1.54, 1.807) is 28.6 Å². The minimum absolute atomic E-state index is 0.381. The maximum Gasteiger partial charge on any atom is 0.243 e. The molecule has 0 bridgehead atoms. The van der Waals surface area contributed by atoms with Gasteiger partial charge in [0.1, 0.15) is 5.75 Å². The third-order valence-corrected chi connectivity index (χ3v) is 7.18. The molecular formula is C20H31NO3S. The molecule has 0 aromatic heterocycles. The second-order valence-electron chi connectivity index (χ2n) is 7.59. The van der Waals surface area contributed by atoms with Crippen molar-refractivity contribution in [3.63, 3.8) is 0 Å². The van der Waals surface area contributed by atoms with Crippen molar-refractivity contribution in [2.75, 3.05) is 19.7 Å². The first-order valence-electron chi connectivity index (χ1n) is 9.82. The Morgan fingerprint density at radius 1 is 1.00 bits per heavy atom. The Balaban J connectivity index is 1.61. The molecule has 4 nitrogen and oxygen atoms in total. The first kappa shape index (κ1) is 18.7. The van der Waals surface area contributed by atoms with Crippen molar-refractivity contribution in [3.05, 3.63) is 24.3 Å². The van der Waals surface area contributed by atoms with Gasteiger partial charge in [-0.2, -0.15) is 4.31 Å². The first-order chi connectivity index (χ1) is 12.1. The molecular weight excluding hydrogens is 334 g/mol. The molecule has 5 heteroatoms. The van der Waals surface area contributed by atoms with Crippen LogP contribution in [-0.4, -0.2) is 32.4 Å². The Hall–Kier alpha value is -1.07. The second-order valence-corrected chi connectivity index (χ2v) is 9.53. The van der Waals surface area contributed by atoms with Gasteiger partial charge in [0, 0.05) is 13.1 Å². The van der Waals surface area contributed by atoms with Crippen LogP contribution in [0.5, 0.6) is 5.75 Å². The predicted molar refractivity (Wildman–Crippen MR) is 100 cm³/mol. The molecule has 140 valence electrons. The largest absolute Gasteiger partial charge is 0.493 e. The van der Waals surface area contributed by atoms with Gasteiger partial charge in [-0.25, -0.2) is 8.42 Å². The molecule has 0 atom stereocenters. The highest BCUT2D eigenvalue weighted by atomic mass is 32.2. The molecule has 2 fully saturated rings. The zero-order valence-electron chi connectivity index (χ0n) is 15.3. The summed E-state index contributed by atoms with van der Waals surface area (Å²) >= 11 is 0. The fraction of sp³-hybridized carbons (Fsp3) is 0.700. The van der Waals surface area contributed by atoms with Crippen LogP contribution in [0.2, 0.25) is 0 Å². The van der Waals surface area contributed by atoms with Gasteiger partial charge in [0.25, 0.3) is 0 Å². The van der Waals surface area contributed by atoms with E-state index in [-0.39, 0.29) is 0 Å². The van der Waals surface area contributed by atoms with Crippen molar-refractivity contribution in [2.24, 2.45) is 11.8 Å². The van der Waals surface area contributed by atoms with E-state index in [0.717, 1.165) is 31.6 Å². The van der Waals surface area contributed by atoms with Crippen LogP contribution in [-0.2, 0) is 10.0 Å². The van der Waals surface area contributed by atoms with Gasteiger partial charge < -0.3 is 4.74 Å². The highest BCUT2D eigenvalue weighted by molar-refractivity contribution is 7.89. The van der Waals surface area contributed by atoms with Crippen molar-refractivity contribution >= 4 is 10.0 Å². The smallest absolute Gasteiger partial charge is 0.243 e. The predicted octanol–water partition coefficient (Wildman–Crippen LogP) is 4.46. The van der Waals surface area contributed by atoms with Crippen molar-refractivity contribution in [2.45, 2.75) is 63.2 Å². The van der Waals surface area contributed by atoms with E-state index in [9.17, 15) is 8.42 Å². The number of hydrogen-bond acceptors (Lipinski definition) is 3. The summed E-state index contributed by atoms with van der Waals surface area (Å²) in [5.74, 6) is 1.98. The van der Waals surface area contributed by atoms with Crippen LogP contribution in [0.15, 0.2) is 29.2 Å². The topological polar surface area (TPSA) is 46.6 Å². The van der Waals surface area contributed by atoms with Crippen molar-refractivity contribution in [1.82, 2.24) is 4.31 Å². The molecule has 0 N–H and O–H groups in total. The second kappa shape index (κ2) is 8.54. The lowest BCUT2D eigenvalue weighted by atomic mass is 9.90. The fourth-order valence-electron chi connectivity index (χ4n) is 3.57. The number of sulfonamides is 1. The molecule has 0 heterocycles. The molecule has 2 aliphatic rings. The molecule has 2 aliphatic carbocycles. The third kappa shape index (κ3) is 5.20. The lowest BCUT2D eigenvalue weighted by Gasteiger charge is -2.22. The molecule has 25 heavy (non-hydrogen) atoms. The van der Waals surface area contributed by atoms with Crippen LogP contribution in [0.4, 0.5) is 0 Å². The average molecular weight is 366 g/mol. The first-order valence-corrected chi connectivity index (χ1v) is 11.3. The van der Waals surface area contributed by atoms with Gasteiger partial charge in [-0.05, 0) is 68.2 Å². The number of ether oxygens (including phenoxy) is 1. The molecule has 0 spiro atoms. The maximum absolute atomic E-state index is 12.9. The summed E-state index contributed by atoms with van der Waals surface area (Å²) in [7, 11) is -3.39. The van der Waals surface area contributed by atoms with Gasteiger partial charge in [-0.15, -0.1) is 0 Å². The summed E-state index contributed by atoms with van der Waals surface area (Å²) in [5, 5.41) is 0. The number of rotatable bonds is 9. The van der Waals surface area contributed by atoms with E-state index >= 15 is 0 Å². The number of benzene rings is 1. The number of hydrogen-bond donors (Lipinski definition) is 0. The minimum atomic E-state index is -3.39. The quantitative estimate of drug-likeness (QED) is 0.649. The molecule has 0 aliphatic heterocycles. The van der Waals surface area contributed by atoms with Gasteiger partial charge in [-0.1, -0.05) is 26.2 Å². The summed E-state index contributed by atoms with van der Waals surface area (Å²) in [5.41, 5.74) is 0. The van der Waals surface area contributed by atoms with Crippen LogP contribution in [0.25, 0.3) is 0 Å². The SMILES string of the molecule is CCCN(CC1CC1)S(=O)(=O)c1ccc(OCC2CCCCC2)cc1. The number of nitrogens with zero attached hydrogens (tertiary/aromatic N) is 1. The van der Waals surface area contributed by atoms with E-state index in [4.69, 9.17) is 4.74 Å². The van der Waals surface area contributed by atoms with Gasteiger partial charge in [0.15, 0.2) is 0 Å². The van der Waals surface area contributed by atoms with Gasteiger partial charge >= 0.3 is 0 Å². The van der Waals surface area contributed by atoms with E-state index in [1.807, 2.05) is 6.92 Å².